The second-order valence-corrected chi connectivity index (χ2v) is 7.53. The molecule has 0 spiro atoms. The Kier molecular flexibility index (Phi) is 3.63. The van der Waals surface area contributed by atoms with Crippen molar-refractivity contribution in [2.75, 3.05) is 11.9 Å². The summed E-state index contributed by atoms with van der Waals surface area (Å²) >= 11 is 0. The zero-order valence-corrected chi connectivity index (χ0v) is 14.2. The van der Waals surface area contributed by atoms with Crippen molar-refractivity contribution < 1.29 is 14.3 Å². The van der Waals surface area contributed by atoms with Gasteiger partial charge in [-0.2, -0.15) is 5.10 Å². The van der Waals surface area contributed by atoms with Crippen molar-refractivity contribution in [3.8, 4) is 0 Å². The monoisotopic (exact) mass is 332 g/mol. The lowest BCUT2D eigenvalue weighted by atomic mass is 9.85. The average Bonchev–Trinajstić information content (AvgIpc) is 3.16. The summed E-state index contributed by atoms with van der Waals surface area (Å²) in [6.07, 6.45) is 4.40. The van der Waals surface area contributed by atoms with E-state index in [2.05, 4.69) is 15.5 Å². The topological polar surface area (TPSA) is 87.3 Å². The van der Waals surface area contributed by atoms with Crippen molar-refractivity contribution in [1.29, 1.82) is 0 Å². The lowest BCUT2D eigenvalue weighted by Crippen LogP contribution is -2.45. The molecule has 0 bridgehead atoms. The third kappa shape index (κ3) is 2.33. The van der Waals surface area contributed by atoms with E-state index in [-0.39, 0.29) is 23.8 Å². The van der Waals surface area contributed by atoms with Crippen LogP contribution in [0.2, 0.25) is 0 Å². The number of aromatic nitrogens is 2. The van der Waals surface area contributed by atoms with Crippen LogP contribution in [0.15, 0.2) is 0 Å². The molecule has 2 aliphatic heterocycles. The molecule has 3 heterocycles. The number of nitrogens with zero attached hydrogens (tertiary/aromatic N) is 2. The van der Waals surface area contributed by atoms with Crippen LogP contribution in [0.25, 0.3) is 0 Å². The zero-order chi connectivity index (χ0) is 16.9. The number of hydrogen-bond acceptors (Lipinski definition) is 4. The van der Waals surface area contributed by atoms with Crippen LogP contribution in [-0.2, 0) is 26.4 Å². The molecule has 3 aliphatic rings. The molecule has 1 atom stereocenters. The molecule has 4 rings (SSSR count). The SMILES string of the molecule is CC1(C)c2[nH]nc(NC(=O)C3CCC3)c2CN1C(=O)[C@H]1CCCO1. The minimum absolute atomic E-state index is 0.0263. The van der Waals surface area contributed by atoms with Gasteiger partial charge in [-0.05, 0) is 39.5 Å². The molecule has 130 valence electrons. The lowest BCUT2D eigenvalue weighted by molar-refractivity contribution is -0.146. The number of carbonyl (C=O) groups is 2. The Morgan fingerprint density at radius 2 is 2.08 bits per heavy atom. The highest BCUT2D eigenvalue weighted by Crippen LogP contribution is 2.41. The summed E-state index contributed by atoms with van der Waals surface area (Å²) in [4.78, 5) is 26.9. The number of amides is 2. The quantitative estimate of drug-likeness (QED) is 0.885. The third-order valence-corrected chi connectivity index (χ3v) is 5.66. The predicted molar refractivity (Wildman–Crippen MR) is 87.1 cm³/mol. The number of anilines is 1. The first kappa shape index (κ1) is 15.6. The van der Waals surface area contributed by atoms with E-state index in [1.807, 2.05) is 18.7 Å². The van der Waals surface area contributed by atoms with Crippen molar-refractivity contribution in [2.45, 2.75) is 64.1 Å². The fraction of sp³-hybridized carbons (Fsp3) is 0.706. The molecule has 2 amide bonds. The maximum atomic E-state index is 12.8. The summed E-state index contributed by atoms with van der Waals surface area (Å²) in [6.45, 7) is 5.11. The van der Waals surface area contributed by atoms with Crippen LogP contribution in [0, 0.1) is 5.92 Å². The summed E-state index contributed by atoms with van der Waals surface area (Å²) in [5.41, 5.74) is 1.34. The van der Waals surface area contributed by atoms with E-state index in [9.17, 15) is 9.59 Å². The molecule has 0 aromatic carbocycles. The second-order valence-electron chi connectivity index (χ2n) is 7.53. The van der Waals surface area contributed by atoms with Gasteiger partial charge < -0.3 is 15.0 Å². The van der Waals surface area contributed by atoms with Gasteiger partial charge in [0.25, 0.3) is 5.91 Å². The van der Waals surface area contributed by atoms with Crippen molar-refractivity contribution in [3.05, 3.63) is 11.3 Å². The van der Waals surface area contributed by atoms with Gasteiger partial charge in [0.2, 0.25) is 5.91 Å². The first-order valence-electron chi connectivity index (χ1n) is 8.80. The molecule has 7 heteroatoms. The van der Waals surface area contributed by atoms with Gasteiger partial charge in [0.1, 0.15) is 6.10 Å². The van der Waals surface area contributed by atoms with Gasteiger partial charge in [0.05, 0.1) is 17.8 Å². The highest BCUT2D eigenvalue weighted by atomic mass is 16.5. The van der Waals surface area contributed by atoms with E-state index in [0.717, 1.165) is 43.4 Å². The minimum Gasteiger partial charge on any atom is -0.368 e. The number of hydrogen-bond donors (Lipinski definition) is 2. The number of aromatic amines is 1. The summed E-state index contributed by atoms with van der Waals surface area (Å²) < 4.78 is 5.56. The molecule has 1 aliphatic carbocycles. The van der Waals surface area contributed by atoms with Crippen LogP contribution in [-0.4, -0.2) is 39.6 Å². The van der Waals surface area contributed by atoms with E-state index in [4.69, 9.17) is 4.74 Å². The van der Waals surface area contributed by atoms with Crippen molar-refractivity contribution >= 4 is 17.6 Å². The van der Waals surface area contributed by atoms with Gasteiger partial charge >= 0.3 is 0 Å². The van der Waals surface area contributed by atoms with E-state index < -0.39 is 5.54 Å². The molecule has 1 saturated carbocycles. The van der Waals surface area contributed by atoms with Crippen LogP contribution in [0.3, 0.4) is 0 Å². The molecule has 0 unspecified atom stereocenters. The van der Waals surface area contributed by atoms with Crippen molar-refractivity contribution in [2.24, 2.45) is 5.92 Å². The Hall–Kier alpha value is -1.89. The van der Waals surface area contributed by atoms with E-state index in [0.29, 0.717) is 19.0 Å². The number of rotatable bonds is 3. The van der Waals surface area contributed by atoms with Crippen molar-refractivity contribution in [3.63, 3.8) is 0 Å². The molecule has 0 radical (unpaired) electrons. The molecule has 2 fully saturated rings. The fourth-order valence-corrected chi connectivity index (χ4v) is 3.81. The standard InChI is InChI=1S/C17H24N4O3/c1-17(2)13-11(9-21(17)16(23)12-7-4-8-24-12)14(20-19-13)18-15(22)10-5-3-6-10/h10,12H,3-9H2,1-2H3,(H2,18,19,20,22)/t12-/m1/s1. The summed E-state index contributed by atoms with van der Waals surface area (Å²) in [5, 5.41) is 10.3. The maximum Gasteiger partial charge on any atom is 0.252 e. The first-order chi connectivity index (χ1) is 11.5. The Balaban J connectivity index is 1.54. The number of H-pyrrole nitrogens is 1. The van der Waals surface area contributed by atoms with Gasteiger partial charge in [0.15, 0.2) is 5.82 Å². The van der Waals surface area contributed by atoms with Gasteiger partial charge in [-0.1, -0.05) is 6.42 Å². The Labute approximate surface area is 141 Å². The predicted octanol–water partition coefficient (Wildman–Crippen LogP) is 1.90. The largest absolute Gasteiger partial charge is 0.368 e. The fourth-order valence-electron chi connectivity index (χ4n) is 3.81. The third-order valence-electron chi connectivity index (χ3n) is 5.66. The van der Waals surface area contributed by atoms with Crippen molar-refractivity contribution in [1.82, 2.24) is 15.1 Å². The second kappa shape index (κ2) is 5.58. The molecule has 1 aromatic rings. The Morgan fingerprint density at radius 1 is 1.29 bits per heavy atom. The maximum absolute atomic E-state index is 12.8. The van der Waals surface area contributed by atoms with Crippen LogP contribution in [0.5, 0.6) is 0 Å². The lowest BCUT2D eigenvalue weighted by Gasteiger charge is -2.33. The van der Waals surface area contributed by atoms with Crippen LogP contribution in [0.1, 0.15) is 57.2 Å². The van der Waals surface area contributed by atoms with Gasteiger partial charge in [0, 0.05) is 18.1 Å². The van der Waals surface area contributed by atoms with E-state index in [1.54, 1.807) is 0 Å². The van der Waals surface area contributed by atoms with E-state index >= 15 is 0 Å². The normalized spacial score (nSPS) is 25.4. The highest BCUT2D eigenvalue weighted by Gasteiger charge is 2.46. The average molecular weight is 332 g/mol. The van der Waals surface area contributed by atoms with Gasteiger partial charge in [-0.3, -0.25) is 14.7 Å². The Morgan fingerprint density at radius 3 is 2.71 bits per heavy atom. The molecule has 24 heavy (non-hydrogen) atoms. The Bertz CT molecular complexity index is 671. The summed E-state index contributed by atoms with van der Waals surface area (Å²) in [5.74, 6) is 0.740. The smallest absolute Gasteiger partial charge is 0.252 e. The summed E-state index contributed by atoms with van der Waals surface area (Å²) in [6, 6.07) is 0. The van der Waals surface area contributed by atoms with Gasteiger partial charge in [-0.25, -0.2) is 0 Å². The molecule has 1 aromatic heterocycles. The molecule has 7 nitrogen and oxygen atoms in total. The number of ether oxygens (including phenoxy) is 1. The number of nitrogens with one attached hydrogen (secondary N) is 2. The minimum atomic E-state index is -0.481. The summed E-state index contributed by atoms with van der Waals surface area (Å²) in [7, 11) is 0. The van der Waals surface area contributed by atoms with Crippen LogP contribution in [0.4, 0.5) is 5.82 Å². The van der Waals surface area contributed by atoms with Gasteiger partial charge in [-0.15, -0.1) is 0 Å². The molecular weight excluding hydrogens is 308 g/mol. The van der Waals surface area contributed by atoms with E-state index in [1.165, 1.54) is 0 Å². The number of fused-ring (bicyclic) bond motifs is 1. The highest BCUT2D eigenvalue weighted by molar-refractivity contribution is 5.93. The molecule has 1 saturated heterocycles. The first-order valence-corrected chi connectivity index (χ1v) is 8.80. The molecule has 2 N–H and O–H groups in total. The van der Waals surface area contributed by atoms with Crippen LogP contribution < -0.4 is 5.32 Å². The van der Waals surface area contributed by atoms with Crippen LogP contribution >= 0.6 is 0 Å². The molecular formula is C17H24N4O3. The zero-order valence-electron chi connectivity index (χ0n) is 14.2. The number of carbonyl (C=O) groups excluding carboxylic acids is 2.